The van der Waals surface area contributed by atoms with Gasteiger partial charge < -0.3 is 25.2 Å². The van der Waals surface area contributed by atoms with Gasteiger partial charge in [0.15, 0.2) is 13.2 Å². The van der Waals surface area contributed by atoms with Gasteiger partial charge in [-0.05, 0) is 30.0 Å². The van der Waals surface area contributed by atoms with Crippen LogP contribution in [0.3, 0.4) is 0 Å². The third-order valence-corrected chi connectivity index (χ3v) is 5.29. The van der Waals surface area contributed by atoms with E-state index in [9.17, 15) is 19.1 Å². The van der Waals surface area contributed by atoms with Gasteiger partial charge >= 0.3 is 0 Å². The Bertz CT molecular complexity index is 1080. The lowest BCUT2D eigenvalue weighted by Gasteiger charge is -2.13. The van der Waals surface area contributed by atoms with Crippen molar-refractivity contribution in [3.05, 3.63) is 46.8 Å². The van der Waals surface area contributed by atoms with Gasteiger partial charge in [-0.25, -0.2) is 14.4 Å². The first-order chi connectivity index (χ1) is 15.4. The minimum absolute atomic E-state index is 0.00372. The summed E-state index contributed by atoms with van der Waals surface area (Å²) in [5.41, 5.74) is 0. The second-order valence-corrected chi connectivity index (χ2v) is 7.87. The molecule has 32 heavy (non-hydrogen) atoms. The molecule has 170 valence electrons. The first-order valence-corrected chi connectivity index (χ1v) is 10.8. The van der Waals surface area contributed by atoms with Crippen LogP contribution >= 0.6 is 22.9 Å². The Labute approximate surface area is 191 Å². The third kappa shape index (κ3) is 7.01. The van der Waals surface area contributed by atoms with Crippen LogP contribution < -0.4 is 20.1 Å². The molecule has 2 heterocycles. The van der Waals surface area contributed by atoms with Gasteiger partial charge in [0.25, 0.3) is 11.8 Å². The molecule has 0 spiro atoms. The van der Waals surface area contributed by atoms with Crippen LogP contribution in [0.4, 0.5) is 4.39 Å². The van der Waals surface area contributed by atoms with E-state index in [1.807, 2.05) is 11.4 Å². The highest BCUT2D eigenvalue weighted by atomic mass is 35.5. The number of amides is 2. The second-order valence-electron chi connectivity index (χ2n) is 6.57. The Morgan fingerprint density at radius 1 is 1.16 bits per heavy atom. The molecule has 0 bridgehead atoms. The van der Waals surface area contributed by atoms with Crippen molar-refractivity contribution in [2.75, 3.05) is 26.3 Å². The summed E-state index contributed by atoms with van der Waals surface area (Å²) in [5.74, 6) is -1.00. The van der Waals surface area contributed by atoms with Crippen LogP contribution in [0.5, 0.6) is 11.6 Å². The monoisotopic (exact) mass is 482 g/mol. The summed E-state index contributed by atoms with van der Waals surface area (Å²) in [6.07, 6.45) is 0.709. The minimum Gasteiger partial charge on any atom is -0.484 e. The Kier molecular flexibility index (Phi) is 8.54. The Balaban J connectivity index is 1.28. The lowest BCUT2D eigenvalue weighted by molar-refractivity contribution is -0.124. The number of benzene rings is 1. The highest BCUT2D eigenvalue weighted by Gasteiger charge is 2.11. The molecule has 9 nitrogen and oxygen atoms in total. The number of halogens is 2. The van der Waals surface area contributed by atoms with Gasteiger partial charge in [-0.15, -0.1) is 11.3 Å². The molecule has 0 fully saturated rings. The predicted molar refractivity (Wildman–Crippen MR) is 116 cm³/mol. The molecule has 0 saturated carbocycles. The van der Waals surface area contributed by atoms with Crippen LogP contribution in [0.15, 0.2) is 36.0 Å². The molecular formula is C20H20ClFN4O5S. The number of hydrogen-bond acceptors (Lipinski definition) is 8. The number of nitrogens with zero attached hydrogens (tertiary/aromatic N) is 2. The summed E-state index contributed by atoms with van der Waals surface area (Å²) < 4.78 is 23.9. The Hall–Kier alpha value is -3.02. The number of carbonyl (C=O) groups excluding carboxylic acids is 2. The van der Waals surface area contributed by atoms with Crippen LogP contribution in [0.1, 0.15) is 6.42 Å². The molecule has 0 aliphatic carbocycles. The second kappa shape index (κ2) is 11.6. The molecule has 3 N–H and O–H groups in total. The average Bonchev–Trinajstić information content (AvgIpc) is 3.26. The van der Waals surface area contributed by atoms with Crippen molar-refractivity contribution in [2.24, 2.45) is 0 Å². The topological polar surface area (TPSA) is 123 Å². The maximum atomic E-state index is 13.3. The van der Waals surface area contributed by atoms with E-state index in [0.717, 1.165) is 16.3 Å². The molecule has 0 saturated heterocycles. The number of hydrogen-bond donors (Lipinski definition) is 3. The van der Waals surface area contributed by atoms with E-state index in [-0.39, 0.29) is 43.5 Å². The highest BCUT2D eigenvalue weighted by molar-refractivity contribution is 7.16. The van der Waals surface area contributed by atoms with Crippen LogP contribution in [0, 0.1) is 5.82 Å². The SMILES string of the molecule is O=C(COc1ccc(Cl)c(F)c1)NCC[C@H](O)CNC(=O)COc1ncnc2sccc12. The van der Waals surface area contributed by atoms with Gasteiger partial charge in [0.1, 0.15) is 22.7 Å². The average molecular weight is 483 g/mol. The highest BCUT2D eigenvalue weighted by Crippen LogP contribution is 2.25. The van der Waals surface area contributed by atoms with Gasteiger partial charge in [-0.3, -0.25) is 9.59 Å². The zero-order valence-corrected chi connectivity index (χ0v) is 18.3. The van der Waals surface area contributed by atoms with E-state index >= 15 is 0 Å². The fraction of sp³-hybridized carbons (Fsp3) is 0.300. The molecule has 1 atom stereocenters. The van der Waals surface area contributed by atoms with E-state index in [1.54, 1.807) is 0 Å². The third-order valence-electron chi connectivity index (χ3n) is 4.16. The normalized spacial score (nSPS) is 11.7. The van der Waals surface area contributed by atoms with E-state index in [2.05, 4.69) is 20.6 Å². The molecule has 0 aliphatic rings. The molecule has 1 aromatic carbocycles. The first-order valence-electron chi connectivity index (χ1n) is 9.52. The van der Waals surface area contributed by atoms with Gasteiger partial charge in [-0.1, -0.05) is 11.6 Å². The fourth-order valence-corrected chi connectivity index (χ4v) is 3.39. The van der Waals surface area contributed by atoms with Crippen molar-refractivity contribution >= 4 is 45.0 Å². The van der Waals surface area contributed by atoms with Gasteiger partial charge in [0.05, 0.1) is 16.5 Å². The smallest absolute Gasteiger partial charge is 0.258 e. The quantitative estimate of drug-likeness (QED) is 0.381. The van der Waals surface area contributed by atoms with E-state index in [0.29, 0.717) is 5.88 Å². The number of aromatic nitrogens is 2. The Morgan fingerprint density at radius 3 is 2.75 bits per heavy atom. The maximum Gasteiger partial charge on any atom is 0.258 e. The van der Waals surface area contributed by atoms with Gasteiger partial charge in [-0.2, -0.15) is 0 Å². The van der Waals surface area contributed by atoms with Crippen molar-refractivity contribution in [1.82, 2.24) is 20.6 Å². The lowest BCUT2D eigenvalue weighted by atomic mass is 10.2. The zero-order chi connectivity index (χ0) is 22.9. The van der Waals surface area contributed by atoms with Crippen molar-refractivity contribution < 1.29 is 28.6 Å². The van der Waals surface area contributed by atoms with Crippen LogP contribution in [0.25, 0.3) is 10.2 Å². The number of rotatable bonds is 11. The number of aliphatic hydroxyl groups excluding tert-OH is 1. The molecule has 0 aliphatic heterocycles. The summed E-state index contributed by atoms with van der Waals surface area (Å²) in [6, 6.07) is 5.67. The summed E-state index contributed by atoms with van der Waals surface area (Å²) >= 11 is 7.02. The molecule has 0 radical (unpaired) electrons. The standard InChI is InChI=1S/C20H20ClFN4O5S/c21-15-2-1-13(7-16(15)22)30-9-17(28)23-5-3-12(27)8-24-18(29)10-31-19-14-4-6-32-20(14)26-11-25-19/h1-2,4,6-7,11-12,27H,3,5,8-10H2,(H,23,28)(H,24,29)/t12-/m0/s1. The molecular weight excluding hydrogens is 463 g/mol. The van der Waals surface area contributed by atoms with Crippen LogP contribution in [-0.2, 0) is 9.59 Å². The number of carbonyl (C=O) groups is 2. The number of fused-ring (bicyclic) bond motifs is 1. The predicted octanol–water partition coefficient (Wildman–Crippen LogP) is 1.92. The van der Waals surface area contributed by atoms with Crippen LogP contribution in [-0.4, -0.2) is 59.3 Å². The number of ether oxygens (including phenoxy) is 2. The van der Waals surface area contributed by atoms with Crippen molar-refractivity contribution in [1.29, 1.82) is 0 Å². The summed E-state index contributed by atoms with van der Waals surface area (Å²) in [5, 5.41) is 17.6. The number of thiophene rings is 1. The maximum absolute atomic E-state index is 13.3. The summed E-state index contributed by atoms with van der Waals surface area (Å²) in [7, 11) is 0. The largest absolute Gasteiger partial charge is 0.484 e. The first kappa shape index (κ1) is 23.6. The van der Waals surface area contributed by atoms with E-state index < -0.39 is 23.7 Å². The van der Waals surface area contributed by atoms with E-state index in [1.165, 1.54) is 29.8 Å². The molecule has 2 aromatic heterocycles. The van der Waals surface area contributed by atoms with Crippen molar-refractivity contribution in [3.8, 4) is 11.6 Å². The van der Waals surface area contributed by atoms with Gasteiger partial charge in [0.2, 0.25) is 5.88 Å². The summed E-state index contributed by atoms with van der Waals surface area (Å²) in [4.78, 5) is 32.6. The fourth-order valence-electron chi connectivity index (χ4n) is 2.55. The zero-order valence-electron chi connectivity index (χ0n) is 16.7. The van der Waals surface area contributed by atoms with Gasteiger partial charge in [0, 0.05) is 19.2 Å². The van der Waals surface area contributed by atoms with Crippen molar-refractivity contribution in [3.63, 3.8) is 0 Å². The van der Waals surface area contributed by atoms with E-state index in [4.69, 9.17) is 21.1 Å². The molecule has 2 amide bonds. The molecule has 3 aromatic rings. The molecule has 3 rings (SSSR count). The minimum atomic E-state index is -0.867. The Morgan fingerprint density at radius 2 is 1.94 bits per heavy atom. The van der Waals surface area contributed by atoms with Crippen LogP contribution in [0.2, 0.25) is 5.02 Å². The summed E-state index contributed by atoms with van der Waals surface area (Å²) in [6.45, 7) is -0.405. The van der Waals surface area contributed by atoms with Crippen molar-refractivity contribution in [2.45, 2.75) is 12.5 Å². The number of aliphatic hydroxyl groups is 1. The molecule has 12 heteroatoms. The molecule has 0 unspecified atom stereocenters. The lowest BCUT2D eigenvalue weighted by Crippen LogP contribution is -2.37. The number of nitrogens with one attached hydrogen (secondary N) is 2.